The molecular formula is C11H14FNS. The van der Waals surface area contributed by atoms with Gasteiger partial charge in [-0.1, -0.05) is 24.3 Å². The molecule has 1 aliphatic rings. The predicted molar refractivity (Wildman–Crippen MR) is 58.7 cm³/mol. The standard InChI is InChI=1S/C11H14FNS/c12-14-8-10-3-1-9(2-4-10)7-13-11-5-6-11/h1-4,11,13H,5-8H2. The Bertz CT molecular complexity index is 282. The number of benzene rings is 1. The molecule has 76 valence electrons. The van der Waals surface area contributed by atoms with Gasteiger partial charge in [-0.15, -0.1) is 0 Å². The van der Waals surface area contributed by atoms with Gasteiger partial charge in [-0.25, -0.2) is 0 Å². The highest BCUT2D eigenvalue weighted by atomic mass is 32.2. The minimum atomic E-state index is 0.373. The minimum absolute atomic E-state index is 0.373. The highest BCUT2D eigenvalue weighted by Gasteiger charge is 2.19. The molecule has 1 aromatic rings. The lowest BCUT2D eigenvalue weighted by molar-refractivity contribution is 0.688. The van der Waals surface area contributed by atoms with Crippen molar-refractivity contribution in [2.24, 2.45) is 0 Å². The van der Waals surface area contributed by atoms with Crippen LogP contribution in [0.3, 0.4) is 0 Å². The van der Waals surface area contributed by atoms with Crippen LogP contribution in [0.1, 0.15) is 24.0 Å². The van der Waals surface area contributed by atoms with Crippen LogP contribution >= 0.6 is 12.1 Å². The molecule has 0 aliphatic heterocycles. The SMILES string of the molecule is FSCc1ccc(CNC2CC2)cc1. The Hall–Kier alpha value is -0.540. The normalized spacial score (nSPS) is 15.8. The fraction of sp³-hybridized carbons (Fsp3) is 0.455. The molecule has 1 saturated carbocycles. The van der Waals surface area contributed by atoms with Gasteiger partial charge >= 0.3 is 0 Å². The summed E-state index contributed by atoms with van der Waals surface area (Å²) in [6.45, 7) is 0.938. The van der Waals surface area contributed by atoms with E-state index < -0.39 is 0 Å². The summed E-state index contributed by atoms with van der Waals surface area (Å²) in [4.78, 5) is 0. The van der Waals surface area contributed by atoms with Crippen LogP contribution in [0.5, 0.6) is 0 Å². The maximum absolute atomic E-state index is 11.9. The topological polar surface area (TPSA) is 12.0 Å². The van der Waals surface area contributed by atoms with E-state index in [0.29, 0.717) is 17.9 Å². The van der Waals surface area contributed by atoms with E-state index in [-0.39, 0.29) is 0 Å². The monoisotopic (exact) mass is 211 g/mol. The van der Waals surface area contributed by atoms with Crippen LogP contribution in [0.2, 0.25) is 0 Å². The van der Waals surface area contributed by atoms with Gasteiger partial charge in [-0.2, -0.15) is 3.89 Å². The van der Waals surface area contributed by atoms with E-state index in [1.54, 1.807) is 0 Å². The van der Waals surface area contributed by atoms with Crippen LogP contribution in [0, 0.1) is 0 Å². The Morgan fingerprint density at radius 3 is 2.43 bits per heavy atom. The van der Waals surface area contributed by atoms with E-state index in [0.717, 1.165) is 18.2 Å². The maximum atomic E-state index is 11.9. The summed E-state index contributed by atoms with van der Waals surface area (Å²) < 4.78 is 11.9. The van der Waals surface area contributed by atoms with Gasteiger partial charge in [0, 0.05) is 24.7 Å². The molecule has 0 amide bonds. The number of hydrogen-bond acceptors (Lipinski definition) is 2. The van der Waals surface area contributed by atoms with Crippen LogP contribution in [-0.2, 0) is 12.3 Å². The second kappa shape index (κ2) is 4.80. The van der Waals surface area contributed by atoms with Crippen molar-refractivity contribution in [2.75, 3.05) is 0 Å². The third-order valence-electron chi connectivity index (χ3n) is 2.42. The first-order valence-corrected chi connectivity index (χ1v) is 5.82. The average molecular weight is 211 g/mol. The highest BCUT2D eigenvalue weighted by Crippen LogP contribution is 2.19. The fourth-order valence-electron chi connectivity index (χ4n) is 1.37. The first-order chi connectivity index (χ1) is 6.88. The van der Waals surface area contributed by atoms with Crippen molar-refractivity contribution in [1.82, 2.24) is 5.32 Å². The fourth-order valence-corrected chi connectivity index (χ4v) is 1.68. The Balaban J connectivity index is 1.84. The van der Waals surface area contributed by atoms with Gasteiger partial charge in [0.1, 0.15) is 0 Å². The second-order valence-electron chi connectivity index (χ2n) is 3.73. The van der Waals surface area contributed by atoms with Crippen molar-refractivity contribution in [2.45, 2.75) is 31.2 Å². The molecular weight excluding hydrogens is 197 g/mol. The second-order valence-corrected chi connectivity index (χ2v) is 4.23. The number of hydrogen-bond donors (Lipinski definition) is 1. The lowest BCUT2D eigenvalue weighted by atomic mass is 10.1. The molecule has 0 bridgehead atoms. The Morgan fingerprint density at radius 1 is 1.21 bits per heavy atom. The first kappa shape index (κ1) is 9.99. The molecule has 0 radical (unpaired) electrons. The molecule has 1 fully saturated rings. The van der Waals surface area contributed by atoms with Gasteiger partial charge < -0.3 is 5.32 Å². The minimum Gasteiger partial charge on any atom is -0.310 e. The van der Waals surface area contributed by atoms with Gasteiger partial charge in [0.15, 0.2) is 0 Å². The molecule has 0 unspecified atom stereocenters. The molecule has 0 saturated heterocycles. The Morgan fingerprint density at radius 2 is 1.86 bits per heavy atom. The van der Waals surface area contributed by atoms with Crippen LogP contribution in [-0.4, -0.2) is 6.04 Å². The summed E-state index contributed by atoms with van der Waals surface area (Å²) in [5.41, 5.74) is 2.33. The molecule has 2 rings (SSSR count). The number of rotatable bonds is 5. The zero-order valence-corrected chi connectivity index (χ0v) is 8.82. The third kappa shape index (κ3) is 3.00. The smallest absolute Gasteiger partial charge is 0.0501 e. The summed E-state index contributed by atoms with van der Waals surface area (Å²) in [6, 6.07) is 8.88. The molecule has 1 nitrogen and oxygen atoms in total. The average Bonchev–Trinajstić information content (AvgIpc) is 3.01. The highest BCUT2D eigenvalue weighted by molar-refractivity contribution is 7.93. The zero-order chi connectivity index (χ0) is 9.80. The van der Waals surface area contributed by atoms with Crippen LogP contribution in [0.4, 0.5) is 3.89 Å². The van der Waals surface area contributed by atoms with E-state index in [2.05, 4.69) is 17.4 Å². The van der Waals surface area contributed by atoms with Gasteiger partial charge in [0.2, 0.25) is 0 Å². The lowest BCUT2D eigenvalue weighted by Crippen LogP contribution is -2.15. The van der Waals surface area contributed by atoms with E-state index >= 15 is 0 Å². The molecule has 1 N–H and O–H groups in total. The summed E-state index contributed by atoms with van der Waals surface area (Å²) in [7, 11) is 0. The van der Waals surface area contributed by atoms with Gasteiger partial charge in [-0.05, 0) is 24.0 Å². The summed E-state index contributed by atoms with van der Waals surface area (Å²) >= 11 is 0.373. The molecule has 3 heteroatoms. The number of halogens is 1. The molecule has 0 spiro atoms. The van der Waals surface area contributed by atoms with Crippen molar-refractivity contribution < 1.29 is 3.89 Å². The largest absolute Gasteiger partial charge is 0.310 e. The van der Waals surface area contributed by atoms with Crippen molar-refractivity contribution in [3.8, 4) is 0 Å². The molecule has 1 aliphatic carbocycles. The Labute approximate surface area is 88.4 Å². The first-order valence-electron chi connectivity index (χ1n) is 4.93. The predicted octanol–water partition coefficient (Wildman–Crippen LogP) is 3.06. The molecule has 1 aromatic carbocycles. The summed E-state index contributed by atoms with van der Waals surface area (Å²) in [5.74, 6) is 0.455. The zero-order valence-electron chi connectivity index (χ0n) is 8.00. The van der Waals surface area contributed by atoms with Gasteiger partial charge in [0.05, 0.1) is 5.75 Å². The quantitative estimate of drug-likeness (QED) is 0.803. The van der Waals surface area contributed by atoms with Crippen molar-refractivity contribution in [1.29, 1.82) is 0 Å². The van der Waals surface area contributed by atoms with Gasteiger partial charge in [0.25, 0.3) is 0 Å². The van der Waals surface area contributed by atoms with E-state index in [1.165, 1.54) is 18.4 Å². The number of nitrogens with one attached hydrogen (secondary N) is 1. The summed E-state index contributed by atoms with van der Waals surface area (Å²) in [6.07, 6.45) is 2.63. The van der Waals surface area contributed by atoms with Crippen molar-refractivity contribution in [3.05, 3.63) is 35.4 Å². The van der Waals surface area contributed by atoms with Crippen molar-refractivity contribution >= 4 is 12.1 Å². The van der Waals surface area contributed by atoms with E-state index in [9.17, 15) is 3.89 Å². The molecule has 0 heterocycles. The molecule has 0 atom stereocenters. The van der Waals surface area contributed by atoms with E-state index in [4.69, 9.17) is 0 Å². The van der Waals surface area contributed by atoms with Crippen LogP contribution in [0.25, 0.3) is 0 Å². The molecule has 14 heavy (non-hydrogen) atoms. The maximum Gasteiger partial charge on any atom is 0.0501 e. The van der Waals surface area contributed by atoms with Crippen LogP contribution < -0.4 is 5.32 Å². The molecule has 0 aromatic heterocycles. The van der Waals surface area contributed by atoms with E-state index in [1.807, 2.05) is 12.1 Å². The third-order valence-corrected chi connectivity index (χ3v) is 2.86. The van der Waals surface area contributed by atoms with Crippen LogP contribution in [0.15, 0.2) is 24.3 Å². The van der Waals surface area contributed by atoms with Gasteiger partial charge in [-0.3, -0.25) is 0 Å². The lowest BCUT2D eigenvalue weighted by Gasteiger charge is -2.03. The summed E-state index contributed by atoms with van der Waals surface area (Å²) in [5, 5.41) is 3.45. The Kier molecular flexibility index (Phi) is 3.43. The van der Waals surface area contributed by atoms with Crippen molar-refractivity contribution in [3.63, 3.8) is 0 Å².